The SMILES string of the molecule is COCc1cc(C(=O)NC2CCC(O)CC2)ccc1Nc1cc2c(cn1)N(C)C(=O)c1ccccc1N2C. The summed E-state index contributed by atoms with van der Waals surface area (Å²) in [5.74, 6) is 0.381. The smallest absolute Gasteiger partial charge is 0.260 e. The molecular formula is C29H33N5O4. The minimum atomic E-state index is -0.265. The van der Waals surface area contributed by atoms with E-state index in [1.165, 1.54) is 0 Å². The third kappa shape index (κ3) is 5.07. The maximum atomic E-state index is 13.1. The maximum absolute atomic E-state index is 13.1. The second-order valence-electron chi connectivity index (χ2n) is 9.91. The van der Waals surface area contributed by atoms with E-state index in [0.717, 1.165) is 35.5 Å². The number of anilines is 5. The molecule has 2 amide bonds. The van der Waals surface area contributed by atoms with Crippen molar-refractivity contribution in [3.63, 3.8) is 0 Å². The Morgan fingerprint density at radius 2 is 1.79 bits per heavy atom. The van der Waals surface area contributed by atoms with Crippen molar-refractivity contribution >= 4 is 40.4 Å². The first-order valence-electron chi connectivity index (χ1n) is 12.8. The van der Waals surface area contributed by atoms with Crippen LogP contribution in [0, 0.1) is 0 Å². The summed E-state index contributed by atoms with van der Waals surface area (Å²) in [6, 6.07) is 15.0. The van der Waals surface area contributed by atoms with Crippen LogP contribution < -0.4 is 20.4 Å². The molecule has 0 saturated heterocycles. The van der Waals surface area contributed by atoms with Crippen molar-refractivity contribution < 1.29 is 19.4 Å². The first-order chi connectivity index (χ1) is 18.4. The van der Waals surface area contributed by atoms with Gasteiger partial charge < -0.3 is 30.3 Å². The molecular weight excluding hydrogens is 482 g/mol. The number of nitrogens with zero attached hydrogens (tertiary/aromatic N) is 3. The second kappa shape index (κ2) is 10.8. The molecule has 0 atom stereocenters. The second-order valence-corrected chi connectivity index (χ2v) is 9.91. The van der Waals surface area contributed by atoms with E-state index in [1.807, 2.05) is 54.4 Å². The van der Waals surface area contributed by atoms with Crippen molar-refractivity contribution in [2.75, 3.05) is 36.3 Å². The first-order valence-corrected chi connectivity index (χ1v) is 12.8. The van der Waals surface area contributed by atoms with E-state index in [0.29, 0.717) is 42.1 Å². The van der Waals surface area contributed by atoms with Gasteiger partial charge in [0.25, 0.3) is 11.8 Å². The van der Waals surface area contributed by atoms with Gasteiger partial charge in [-0.1, -0.05) is 12.1 Å². The van der Waals surface area contributed by atoms with Crippen molar-refractivity contribution in [2.45, 2.75) is 44.4 Å². The number of hydrogen-bond acceptors (Lipinski definition) is 7. The Labute approximate surface area is 222 Å². The zero-order valence-corrected chi connectivity index (χ0v) is 21.9. The van der Waals surface area contributed by atoms with Crippen LogP contribution in [-0.2, 0) is 11.3 Å². The molecule has 2 aromatic carbocycles. The summed E-state index contributed by atoms with van der Waals surface area (Å²) in [6.45, 7) is 0.314. The van der Waals surface area contributed by atoms with Crippen LogP contribution in [-0.4, -0.2) is 55.3 Å². The number of aromatic nitrogens is 1. The Morgan fingerprint density at radius 3 is 2.55 bits per heavy atom. The van der Waals surface area contributed by atoms with Crippen LogP contribution in [0.25, 0.3) is 0 Å². The number of benzene rings is 2. The van der Waals surface area contributed by atoms with Gasteiger partial charge in [0.1, 0.15) is 5.82 Å². The summed E-state index contributed by atoms with van der Waals surface area (Å²) >= 11 is 0. The number of para-hydroxylation sites is 1. The number of hydrogen-bond donors (Lipinski definition) is 3. The number of methoxy groups -OCH3 is 1. The Kier molecular flexibility index (Phi) is 7.31. The van der Waals surface area contributed by atoms with Gasteiger partial charge in [-0.05, 0) is 56.0 Å². The van der Waals surface area contributed by atoms with Crippen LogP contribution in [0.15, 0.2) is 54.7 Å². The predicted molar refractivity (Wildman–Crippen MR) is 148 cm³/mol. The van der Waals surface area contributed by atoms with Gasteiger partial charge in [-0.3, -0.25) is 9.59 Å². The topological polar surface area (TPSA) is 107 Å². The van der Waals surface area contributed by atoms with Crippen molar-refractivity contribution in [2.24, 2.45) is 0 Å². The summed E-state index contributed by atoms with van der Waals surface area (Å²) in [6.07, 6.45) is 4.40. The molecule has 0 unspecified atom stereocenters. The Balaban J connectivity index is 1.40. The highest BCUT2D eigenvalue weighted by molar-refractivity contribution is 6.13. The number of aliphatic hydroxyl groups is 1. The average Bonchev–Trinajstić information content (AvgIpc) is 3.00. The van der Waals surface area contributed by atoms with E-state index in [-0.39, 0.29) is 24.0 Å². The van der Waals surface area contributed by atoms with Gasteiger partial charge in [-0.2, -0.15) is 0 Å². The molecule has 3 aromatic rings. The first kappa shape index (κ1) is 25.7. The minimum Gasteiger partial charge on any atom is -0.393 e. The van der Waals surface area contributed by atoms with Crippen molar-refractivity contribution in [1.82, 2.24) is 10.3 Å². The number of carbonyl (C=O) groups is 2. The number of pyridine rings is 1. The van der Waals surface area contributed by atoms with Crippen molar-refractivity contribution in [3.8, 4) is 0 Å². The number of amides is 2. The van der Waals surface area contributed by atoms with E-state index in [2.05, 4.69) is 15.6 Å². The summed E-state index contributed by atoms with van der Waals surface area (Å²) in [4.78, 5) is 34.2. The van der Waals surface area contributed by atoms with Crippen molar-refractivity contribution in [3.05, 3.63) is 71.4 Å². The van der Waals surface area contributed by atoms with Crippen LogP contribution in [0.4, 0.5) is 28.6 Å². The van der Waals surface area contributed by atoms with Gasteiger partial charge in [-0.15, -0.1) is 0 Å². The minimum absolute atomic E-state index is 0.0745. The normalized spacial score (nSPS) is 18.9. The zero-order valence-electron chi connectivity index (χ0n) is 21.9. The molecule has 1 aliphatic heterocycles. The number of nitrogens with one attached hydrogen (secondary N) is 2. The number of ether oxygens (including phenoxy) is 1. The molecule has 2 heterocycles. The maximum Gasteiger partial charge on any atom is 0.260 e. The lowest BCUT2D eigenvalue weighted by atomic mass is 9.93. The number of rotatable bonds is 6. The van der Waals surface area contributed by atoms with E-state index >= 15 is 0 Å². The highest BCUT2D eigenvalue weighted by Crippen LogP contribution is 2.40. The highest BCUT2D eigenvalue weighted by atomic mass is 16.5. The molecule has 9 nitrogen and oxygen atoms in total. The Morgan fingerprint density at radius 1 is 1.03 bits per heavy atom. The average molecular weight is 516 g/mol. The summed E-state index contributed by atoms with van der Waals surface area (Å²) < 4.78 is 5.42. The van der Waals surface area contributed by atoms with Gasteiger partial charge >= 0.3 is 0 Å². The molecule has 0 spiro atoms. The fourth-order valence-electron chi connectivity index (χ4n) is 5.16. The lowest BCUT2D eigenvalue weighted by Gasteiger charge is -2.26. The van der Waals surface area contributed by atoms with E-state index in [1.54, 1.807) is 31.3 Å². The standard InChI is InChI=1S/C29H33N5O4/c1-33-24-7-5-4-6-22(24)29(37)34(2)26-16-30-27(15-25(26)33)32-23-13-8-18(14-19(23)17-38-3)28(36)31-20-9-11-21(35)12-10-20/h4-8,13-16,20-21,35H,9-12,17H2,1-3H3,(H,30,32)(H,31,36). The monoisotopic (exact) mass is 515 g/mol. The lowest BCUT2D eigenvalue weighted by molar-refractivity contribution is 0.0867. The third-order valence-electron chi connectivity index (χ3n) is 7.35. The lowest BCUT2D eigenvalue weighted by Crippen LogP contribution is -2.38. The summed E-state index contributed by atoms with van der Waals surface area (Å²) in [5.41, 5.74) is 5.15. The highest BCUT2D eigenvalue weighted by Gasteiger charge is 2.28. The van der Waals surface area contributed by atoms with Gasteiger partial charge in [0.05, 0.1) is 41.5 Å². The van der Waals surface area contributed by atoms with Gasteiger partial charge in [0.2, 0.25) is 0 Å². The molecule has 3 N–H and O–H groups in total. The molecule has 0 bridgehead atoms. The molecule has 198 valence electrons. The molecule has 38 heavy (non-hydrogen) atoms. The van der Waals surface area contributed by atoms with Gasteiger partial charge in [0, 0.05) is 50.1 Å². The zero-order chi connectivity index (χ0) is 26.8. The quantitative estimate of drug-likeness (QED) is 0.448. The molecule has 2 aliphatic rings. The van der Waals surface area contributed by atoms with E-state index in [4.69, 9.17) is 4.74 Å². The summed E-state index contributed by atoms with van der Waals surface area (Å²) in [7, 11) is 5.30. The molecule has 5 rings (SSSR count). The van der Waals surface area contributed by atoms with E-state index < -0.39 is 0 Å². The van der Waals surface area contributed by atoms with Crippen LogP contribution in [0.1, 0.15) is 52.0 Å². The number of aliphatic hydroxyl groups excluding tert-OH is 1. The number of carbonyl (C=O) groups excluding carboxylic acids is 2. The van der Waals surface area contributed by atoms with Crippen LogP contribution >= 0.6 is 0 Å². The summed E-state index contributed by atoms with van der Waals surface area (Å²) in [5, 5.41) is 16.2. The molecule has 1 saturated carbocycles. The molecule has 9 heteroatoms. The van der Waals surface area contributed by atoms with Crippen molar-refractivity contribution in [1.29, 1.82) is 0 Å². The molecule has 1 aliphatic carbocycles. The van der Waals surface area contributed by atoms with Gasteiger partial charge in [-0.25, -0.2) is 4.98 Å². The van der Waals surface area contributed by atoms with Crippen LogP contribution in [0.5, 0.6) is 0 Å². The largest absolute Gasteiger partial charge is 0.393 e. The fourth-order valence-corrected chi connectivity index (χ4v) is 5.16. The van der Waals surface area contributed by atoms with Crippen LogP contribution in [0.2, 0.25) is 0 Å². The molecule has 1 fully saturated rings. The van der Waals surface area contributed by atoms with Crippen LogP contribution in [0.3, 0.4) is 0 Å². The molecule has 0 radical (unpaired) electrons. The Hall–Kier alpha value is -3.95. The van der Waals surface area contributed by atoms with E-state index in [9.17, 15) is 14.7 Å². The predicted octanol–water partition coefficient (Wildman–Crippen LogP) is 4.36. The number of fused-ring (bicyclic) bond motifs is 2. The molecule has 1 aromatic heterocycles. The fraction of sp³-hybridized carbons (Fsp3) is 0.345. The Bertz CT molecular complexity index is 1350. The van der Waals surface area contributed by atoms with Gasteiger partial charge in [0.15, 0.2) is 0 Å². The third-order valence-corrected chi connectivity index (χ3v) is 7.35.